The van der Waals surface area contributed by atoms with Crippen molar-refractivity contribution in [2.24, 2.45) is 5.92 Å². The molecule has 4 nitrogen and oxygen atoms in total. The lowest BCUT2D eigenvalue weighted by atomic mass is 9.84. The normalized spacial score (nSPS) is 21.6. The summed E-state index contributed by atoms with van der Waals surface area (Å²) in [5, 5.41) is 2.89. The molecule has 1 aliphatic rings. The van der Waals surface area contributed by atoms with Gasteiger partial charge in [-0.2, -0.15) is 0 Å². The van der Waals surface area contributed by atoms with Crippen LogP contribution in [0, 0.1) is 11.7 Å². The summed E-state index contributed by atoms with van der Waals surface area (Å²) in [6.07, 6.45) is 3.57. The van der Waals surface area contributed by atoms with Crippen molar-refractivity contribution in [1.29, 1.82) is 0 Å². The Kier molecular flexibility index (Phi) is 5.31. The summed E-state index contributed by atoms with van der Waals surface area (Å²) in [4.78, 5) is 23.8. The molecule has 0 unspecified atom stereocenters. The van der Waals surface area contributed by atoms with Gasteiger partial charge < -0.3 is 10.1 Å². The van der Waals surface area contributed by atoms with E-state index in [0.717, 1.165) is 25.7 Å². The van der Waals surface area contributed by atoms with E-state index in [1.54, 1.807) is 12.1 Å². The molecule has 0 bridgehead atoms. The van der Waals surface area contributed by atoms with E-state index < -0.39 is 0 Å². The molecule has 1 N–H and O–H groups in total. The van der Waals surface area contributed by atoms with Gasteiger partial charge in [-0.15, -0.1) is 0 Å². The van der Waals surface area contributed by atoms with Gasteiger partial charge in [0, 0.05) is 6.04 Å². The highest BCUT2D eigenvalue weighted by atomic mass is 19.1. The van der Waals surface area contributed by atoms with Crippen molar-refractivity contribution in [2.45, 2.75) is 38.1 Å². The predicted octanol–water partition coefficient (Wildman–Crippen LogP) is 2.22. The second-order valence-corrected chi connectivity index (χ2v) is 5.39. The zero-order valence-electron chi connectivity index (χ0n) is 12.1. The van der Waals surface area contributed by atoms with Crippen molar-refractivity contribution in [2.75, 3.05) is 7.11 Å². The third kappa shape index (κ3) is 4.28. The summed E-state index contributed by atoms with van der Waals surface area (Å²) in [6, 6.07) is 5.79. The zero-order chi connectivity index (χ0) is 15.2. The number of carbonyl (C=O) groups is 2. The second kappa shape index (κ2) is 7.20. The summed E-state index contributed by atoms with van der Waals surface area (Å²) in [5.74, 6) is -1.10. The van der Waals surface area contributed by atoms with Gasteiger partial charge in [0.25, 0.3) is 0 Å². The van der Waals surface area contributed by atoms with Crippen molar-refractivity contribution < 1.29 is 18.7 Å². The minimum absolute atomic E-state index is 0.113. The average Bonchev–Trinajstić information content (AvgIpc) is 2.47. The quantitative estimate of drug-likeness (QED) is 0.866. The fraction of sp³-hybridized carbons (Fsp3) is 0.500. The number of amides is 1. The van der Waals surface area contributed by atoms with Gasteiger partial charge in [-0.1, -0.05) is 25.0 Å². The van der Waals surface area contributed by atoms with E-state index in [9.17, 15) is 14.0 Å². The molecule has 0 aliphatic heterocycles. The minimum Gasteiger partial charge on any atom is -0.469 e. The van der Waals surface area contributed by atoms with E-state index in [0.29, 0.717) is 5.56 Å². The Morgan fingerprint density at radius 3 is 2.81 bits per heavy atom. The molecule has 1 aromatic carbocycles. The van der Waals surface area contributed by atoms with E-state index in [4.69, 9.17) is 4.74 Å². The molecule has 21 heavy (non-hydrogen) atoms. The largest absolute Gasteiger partial charge is 0.469 e. The van der Waals surface area contributed by atoms with Crippen LogP contribution in [0.1, 0.15) is 31.2 Å². The number of nitrogens with one attached hydrogen (secondary N) is 1. The Morgan fingerprint density at radius 2 is 2.10 bits per heavy atom. The van der Waals surface area contributed by atoms with Crippen LogP contribution < -0.4 is 5.32 Å². The first-order chi connectivity index (χ1) is 10.1. The van der Waals surface area contributed by atoms with Gasteiger partial charge >= 0.3 is 5.97 Å². The van der Waals surface area contributed by atoms with Gasteiger partial charge in [-0.3, -0.25) is 9.59 Å². The first-order valence-corrected chi connectivity index (χ1v) is 7.22. The summed E-state index contributed by atoms with van der Waals surface area (Å²) in [6.45, 7) is 0. The van der Waals surface area contributed by atoms with E-state index >= 15 is 0 Å². The van der Waals surface area contributed by atoms with Crippen molar-refractivity contribution in [3.8, 4) is 0 Å². The molecule has 1 aromatic rings. The van der Waals surface area contributed by atoms with E-state index in [1.165, 1.54) is 19.2 Å². The van der Waals surface area contributed by atoms with Gasteiger partial charge in [0.05, 0.1) is 19.4 Å². The second-order valence-electron chi connectivity index (χ2n) is 5.39. The predicted molar refractivity (Wildman–Crippen MR) is 76.0 cm³/mol. The molecule has 0 saturated heterocycles. The molecular weight excluding hydrogens is 273 g/mol. The Balaban J connectivity index is 1.95. The van der Waals surface area contributed by atoms with Crippen LogP contribution in [0.3, 0.4) is 0 Å². The highest BCUT2D eigenvalue weighted by Gasteiger charge is 2.32. The van der Waals surface area contributed by atoms with Gasteiger partial charge in [0.1, 0.15) is 5.82 Å². The summed E-state index contributed by atoms with van der Waals surface area (Å²) >= 11 is 0. The molecule has 114 valence electrons. The number of ether oxygens (including phenoxy) is 1. The van der Waals surface area contributed by atoms with Crippen molar-refractivity contribution in [1.82, 2.24) is 5.32 Å². The SMILES string of the molecule is COC(=O)[C@H]1CCCC[C@H]1NC(=O)Cc1cccc(F)c1. The fourth-order valence-electron chi connectivity index (χ4n) is 2.83. The highest BCUT2D eigenvalue weighted by molar-refractivity contribution is 5.80. The van der Waals surface area contributed by atoms with Crippen LogP contribution in [-0.4, -0.2) is 25.0 Å². The summed E-state index contributed by atoms with van der Waals surface area (Å²) < 4.78 is 17.9. The van der Waals surface area contributed by atoms with Crippen LogP contribution in [0.2, 0.25) is 0 Å². The topological polar surface area (TPSA) is 55.4 Å². The lowest BCUT2D eigenvalue weighted by molar-refractivity contribution is -0.147. The number of hydrogen-bond acceptors (Lipinski definition) is 3. The summed E-state index contributed by atoms with van der Waals surface area (Å²) in [5.41, 5.74) is 0.623. The molecule has 5 heteroatoms. The van der Waals surface area contributed by atoms with Crippen molar-refractivity contribution >= 4 is 11.9 Å². The van der Waals surface area contributed by atoms with Gasteiger partial charge in [-0.05, 0) is 30.5 Å². The Labute approximate surface area is 123 Å². The molecular formula is C16H20FNO3. The molecule has 0 radical (unpaired) electrons. The van der Waals surface area contributed by atoms with E-state index in [1.807, 2.05) is 0 Å². The number of carbonyl (C=O) groups excluding carboxylic acids is 2. The number of hydrogen-bond donors (Lipinski definition) is 1. The van der Waals surface area contributed by atoms with Gasteiger partial charge in [0.15, 0.2) is 0 Å². The Bertz CT molecular complexity index is 518. The standard InChI is InChI=1S/C16H20FNO3/c1-21-16(20)13-7-2-3-8-14(13)18-15(19)10-11-5-4-6-12(17)9-11/h4-6,9,13-14H,2-3,7-8,10H2,1H3,(H,18,19)/t13-,14+/m0/s1. The summed E-state index contributed by atoms with van der Waals surface area (Å²) in [7, 11) is 1.36. The molecule has 0 aromatic heterocycles. The van der Waals surface area contributed by atoms with Crippen LogP contribution in [0.15, 0.2) is 24.3 Å². The smallest absolute Gasteiger partial charge is 0.310 e. The van der Waals surface area contributed by atoms with Crippen LogP contribution in [-0.2, 0) is 20.7 Å². The maximum Gasteiger partial charge on any atom is 0.310 e. The minimum atomic E-state index is -0.356. The molecule has 1 aliphatic carbocycles. The number of methoxy groups -OCH3 is 1. The number of esters is 1. The highest BCUT2D eigenvalue weighted by Crippen LogP contribution is 2.25. The monoisotopic (exact) mass is 293 g/mol. The van der Waals surface area contributed by atoms with E-state index in [-0.39, 0.29) is 36.1 Å². The molecule has 2 rings (SSSR count). The average molecular weight is 293 g/mol. The number of rotatable bonds is 4. The first kappa shape index (κ1) is 15.5. The third-order valence-electron chi connectivity index (χ3n) is 3.87. The molecule has 0 heterocycles. The lowest BCUT2D eigenvalue weighted by Gasteiger charge is -2.30. The molecule has 1 saturated carbocycles. The molecule has 2 atom stereocenters. The van der Waals surface area contributed by atoms with Crippen molar-refractivity contribution in [3.05, 3.63) is 35.6 Å². The fourth-order valence-corrected chi connectivity index (χ4v) is 2.83. The van der Waals surface area contributed by atoms with E-state index in [2.05, 4.69) is 5.32 Å². The maximum absolute atomic E-state index is 13.1. The first-order valence-electron chi connectivity index (χ1n) is 7.22. The molecule has 0 spiro atoms. The van der Waals surface area contributed by atoms with Crippen LogP contribution >= 0.6 is 0 Å². The zero-order valence-corrected chi connectivity index (χ0v) is 12.1. The number of halogens is 1. The Morgan fingerprint density at radius 1 is 1.33 bits per heavy atom. The van der Waals surface area contributed by atoms with Crippen LogP contribution in [0.4, 0.5) is 4.39 Å². The van der Waals surface area contributed by atoms with Gasteiger partial charge in [-0.25, -0.2) is 4.39 Å². The molecule has 1 amide bonds. The van der Waals surface area contributed by atoms with Crippen LogP contribution in [0.25, 0.3) is 0 Å². The van der Waals surface area contributed by atoms with Crippen LogP contribution in [0.5, 0.6) is 0 Å². The third-order valence-corrected chi connectivity index (χ3v) is 3.87. The lowest BCUT2D eigenvalue weighted by Crippen LogP contribution is -2.45. The Hall–Kier alpha value is -1.91. The van der Waals surface area contributed by atoms with Gasteiger partial charge in [0.2, 0.25) is 5.91 Å². The number of benzene rings is 1. The molecule has 1 fully saturated rings. The van der Waals surface area contributed by atoms with Crippen molar-refractivity contribution in [3.63, 3.8) is 0 Å². The maximum atomic E-state index is 13.1.